The highest BCUT2D eigenvalue weighted by molar-refractivity contribution is 7.18. The predicted molar refractivity (Wildman–Crippen MR) is 75.3 cm³/mol. The zero-order valence-corrected chi connectivity index (χ0v) is 11.9. The molecule has 8 heteroatoms. The number of carbonyl (C=O) groups excluding carboxylic acids is 1. The third-order valence-corrected chi connectivity index (χ3v) is 3.88. The molecule has 0 radical (unpaired) electrons. The van der Waals surface area contributed by atoms with E-state index in [1.54, 1.807) is 6.92 Å². The van der Waals surface area contributed by atoms with E-state index in [9.17, 15) is 15.0 Å². The summed E-state index contributed by atoms with van der Waals surface area (Å²) >= 11 is 1.14. The van der Waals surface area contributed by atoms with Gasteiger partial charge in [0.1, 0.15) is 10.7 Å². The number of amides is 1. The van der Waals surface area contributed by atoms with Crippen LogP contribution in [0.3, 0.4) is 0 Å². The van der Waals surface area contributed by atoms with Gasteiger partial charge in [0, 0.05) is 6.54 Å². The van der Waals surface area contributed by atoms with Crippen LogP contribution in [0.25, 0.3) is 0 Å². The number of nitrogens with one attached hydrogen (secondary N) is 2. The molecule has 6 N–H and O–H groups in total. The van der Waals surface area contributed by atoms with E-state index < -0.39 is 11.4 Å². The molecule has 0 fully saturated rings. The van der Waals surface area contributed by atoms with Gasteiger partial charge in [0.15, 0.2) is 5.13 Å². The molecule has 7 nitrogen and oxygen atoms in total. The van der Waals surface area contributed by atoms with Crippen molar-refractivity contribution in [2.75, 3.05) is 30.8 Å². The van der Waals surface area contributed by atoms with E-state index in [2.05, 4.69) is 15.6 Å². The molecule has 0 aromatic carbocycles. The van der Waals surface area contributed by atoms with Gasteiger partial charge < -0.3 is 26.6 Å². The van der Waals surface area contributed by atoms with Crippen LogP contribution >= 0.6 is 11.3 Å². The van der Waals surface area contributed by atoms with Crippen LogP contribution in [-0.2, 0) is 0 Å². The number of rotatable bonds is 7. The van der Waals surface area contributed by atoms with Gasteiger partial charge in [-0.2, -0.15) is 0 Å². The Morgan fingerprint density at radius 1 is 1.42 bits per heavy atom. The number of carbonyl (C=O) groups is 1. The fraction of sp³-hybridized carbons (Fsp3) is 0.636. The largest absolute Gasteiger partial charge is 0.394 e. The standard InChI is InChI=1S/C11H20N4O3S/c1-3-11(5-16,6-17)15-9(18)7-8(12)14-10(19-7)13-4-2/h16-17H,3-6,12H2,1-2H3,(H,13,14)(H,15,18). The molecule has 1 rings (SSSR count). The van der Waals surface area contributed by atoms with Gasteiger partial charge in [-0.25, -0.2) is 4.98 Å². The molecule has 0 aliphatic carbocycles. The van der Waals surface area contributed by atoms with Gasteiger partial charge in [0.05, 0.1) is 18.8 Å². The molecule has 1 aromatic heterocycles. The molecule has 19 heavy (non-hydrogen) atoms. The molecule has 108 valence electrons. The van der Waals surface area contributed by atoms with Crippen LogP contribution in [-0.4, -0.2) is 46.4 Å². The second-order valence-electron chi connectivity index (χ2n) is 4.17. The number of aromatic nitrogens is 1. The van der Waals surface area contributed by atoms with Gasteiger partial charge in [0.25, 0.3) is 5.91 Å². The van der Waals surface area contributed by atoms with Crippen LogP contribution in [0.2, 0.25) is 0 Å². The zero-order valence-electron chi connectivity index (χ0n) is 11.1. The predicted octanol–water partition coefficient (Wildman–Crippen LogP) is 0.0203. The normalized spacial score (nSPS) is 11.4. The minimum absolute atomic E-state index is 0.138. The van der Waals surface area contributed by atoms with Crippen LogP contribution < -0.4 is 16.4 Å². The van der Waals surface area contributed by atoms with Crippen LogP contribution in [0.15, 0.2) is 0 Å². The van der Waals surface area contributed by atoms with Gasteiger partial charge in [-0.1, -0.05) is 18.3 Å². The molecule has 1 amide bonds. The SMILES string of the molecule is CCNc1nc(N)c(C(=O)NC(CC)(CO)CO)s1. The van der Waals surface area contributed by atoms with Crippen molar-refractivity contribution in [2.24, 2.45) is 0 Å². The number of nitrogens with zero attached hydrogens (tertiary/aromatic N) is 1. The Bertz CT molecular complexity index is 423. The number of nitrogens with two attached hydrogens (primary N) is 1. The van der Waals surface area contributed by atoms with Gasteiger partial charge in [0.2, 0.25) is 0 Å². The van der Waals surface area contributed by atoms with Gasteiger partial charge in [-0.05, 0) is 13.3 Å². The summed E-state index contributed by atoms with van der Waals surface area (Å²) in [7, 11) is 0. The summed E-state index contributed by atoms with van der Waals surface area (Å²) in [6, 6.07) is 0. The second kappa shape index (κ2) is 6.69. The van der Waals surface area contributed by atoms with Crippen molar-refractivity contribution in [3.8, 4) is 0 Å². The molecule has 0 saturated heterocycles. The number of anilines is 2. The first-order chi connectivity index (χ1) is 9.01. The van der Waals surface area contributed by atoms with Gasteiger partial charge >= 0.3 is 0 Å². The molecule has 0 aliphatic heterocycles. The Morgan fingerprint density at radius 3 is 2.53 bits per heavy atom. The molecule has 0 atom stereocenters. The van der Waals surface area contributed by atoms with Crippen molar-refractivity contribution >= 4 is 28.2 Å². The molecule has 1 heterocycles. The molecule has 0 aliphatic rings. The quantitative estimate of drug-likeness (QED) is 0.482. The molecular weight excluding hydrogens is 268 g/mol. The van der Waals surface area contributed by atoms with E-state index >= 15 is 0 Å². The minimum atomic E-state index is -1.04. The number of nitrogen functional groups attached to an aromatic ring is 1. The van der Waals surface area contributed by atoms with E-state index in [-0.39, 0.29) is 23.9 Å². The molecule has 0 unspecified atom stereocenters. The Kier molecular flexibility index (Phi) is 5.52. The van der Waals surface area contributed by atoms with Gasteiger partial charge in [-0.3, -0.25) is 4.79 Å². The first kappa shape index (κ1) is 15.7. The highest BCUT2D eigenvalue weighted by Gasteiger charge is 2.30. The maximum atomic E-state index is 12.1. The first-order valence-corrected chi connectivity index (χ1v) is 6.88. The van der Waals surface area contributed by atoms with Gasteiger partial charge in [-0.15, -0.1) is 0 Å². The Morgan fingerprint density at radius 2 is 2.05 bits per heavy atom. The van der Waals surface area contributed by atoms with Crippen LogP contribution in [0.5, 0.6) is 0 Å². The van der Waals surface area contributed by atoms with E-state index in [0.717, 1.165) is 11.3 Å². The van der Waals surface area contributed by atoms with Crippen molar-refractivity contribution in [3.63, 3.8) is 0 Å². The van der Waals surface area contributed by atoms with Crippen molar-refractivity contribution in [1.29, 1.82) is 0 Å². The molecule has 0 saturated carbocycles. The third kappa shape index (κ3) is 3.55. The van der Waals surface area contributed by atoms with E-state index in [1.165, 1.54) is 0 Å². The first-order valence-electron chi connectivity index (χ1n) is 6.06. The number of hydrogen-bond acceptors (Lipinski definition) is 7. The van der Waals surface area contributed by atoms with Crippen LogP contribution in [0, 0.1) is 0 Å². The lowest BCUT2D eigenvalue weighted by molar-refractivity contribution is 0.0656. The van der Waals surface area contributed by atoms with Crippen molar-refractivity contribution in [2.45, 2.75) is 25.8 Å². The van der Waals surface area contributed by atoms with Crippen LogP contribution in [0.4, 0.5) is 10.9 Å². The molecule has 0 bridgehead atoms. The van der Waals surface area contributed by atoms with Crippen molar-refractivity contribution in [1.82, 2.24) is 10.3 Å². The number of thiazole rings is 1. The average Bonchev–Trinajstić information content (AvgIpc) is 2.77. The van der Waals surface area contributed by atoms with Crippen molar-refractivity contribution < 1.29 is 15.0 Å². The maximum absolute atomic E-state index is 12.1. The number of aliphatic hydroxyl groups is 2. The lowest BCUT2D eigenvalue weighted by Crippen LogP contribution is -2.53. The summed E-state index contributed by atoms with van der Waals surface area (Å²) in [5.41, 5.74) is 4.65. The highest BCUT2D eigenvalue weighted by Crippen LogP contribution is 2.25. The third-order valence-electron chi connectivity index (χ3n) is 2.85. The summed E-state index contributed by atoms with van der Waals surface area (Å²) in [5.74, 6) is -0.302. The highest BCUT2D eigenvalue weighted by atomic mass is 32.1. The number of hydrogen-bond donors (Lipinski definition) is 5. The average molecular weight is 288 g/mol. The summed E-state index contributed by atoms with van der Waals surface area (Å²) < 4.78 is 0. The molecule has 1 aromatic rings. The molecule has 0 spiro atoms. The lowest BCUT2D eigenvalue weighted by Gasteiger charge is -2.29. The monoisotopic (exact) mass is 288 g/mol. The lowest BCUT2D eigenvalue weighted by atomic mass is 9.98. The van der Waals surface area contributed by atoms with E-state index in [1.807, 2.05) is 6.92 Å². The summed E-state index contributed by atoms with van der Waals surface area (Å²) in [5, 5.41) is 24.8. The van der Waals surface area contributed by atoms with E-state index in [4.69, 9.17) is 5.73 Å². The Labute approximate surface area is 115 Å². The summed E-state index contributed by atoms with van der Waals surface area (Å²) in [6.45, 7) is 3.68. The zero-order chi connectivity index (χ0) is 14.5. The maximum Gasteiger partial charge on any atom is 0.265 e. The Balaban J connectivity index is 2.88. The van der Waals surface area contributed by atoms with Crippen molar-refractivity contribution in [3.05, 3.63) is 4.88 Å². The summed E-state index contributed by atoms with van der Waals surface area (Å²) in [6.07, 6.45) is 0.407. The topological polar surface area (TPSA) is 120 Å². The number of aliphatic hydroxyl groups excluding tert-OH is 2. The minimum Gasteiger partial charge on any atom is -0.394 e. The summed E-state index contributed by atoms with van der Waals surface area (Å²) in [4.78, 5) is 16.4. The fourth-order valence-corrected chi connectivity index (χ4v) is 2.31. The molecular formula is C11H20N4O3S. The second-order valence-corrected chi connectivity index (χ2v) is 5.17. The fourth-order valence-electron chi connectivity index (χ4n) is 1.46. The van der Waals surface area contributed by atoms with E-state index in [0.29, 0.717) is 18.1 Å². The Hall–Kier alpha value is -1.38. The smallest absolute Gasteiger partial charge is 0.265 e. The van der Waals surface area contributed by atoms with Crippen LogP contribution in [0.1, 0.15) is 29.9 Å².